The Morgan fingerprint density at radius 1 is 1.00 bits per heavy atom. The maximum atomic E-state index is 12.5. The fourth-order valence-electron chi connectivity index (χ4n) is 3.33. The number of aliphatic hydroxyl groups excluding tert-OH is 4. The highest BCUT2D eigenvalue weighted by Crippen LogP contribution is 2.36. The Morgan fingerprint density at radius 3 is 2.52 bits per heavy atom. The molecule has 2 aliphatic rings. The predicted molar refractivity (Wildman–Crippen MR) is 104 cm³/mol. The third-order valence-corrected chi connectivity index (χ3v) is 5.03. The zero-order valence-corrected chi connectivity index (χ0v) is 16.0. The highest BCUT2D eigenvalue weighted by molar-refractivity contribution is 6.14. The van der Waals surface area contributed by atoms with Crippen molar-refractivity contribution >= 4 is 11.9 Å². The van der Waals surface area contributed by atoms with Crippen molar-refractivity contribution in [1.29, 1.82) is 0 Å². The first-order chi connectivity index (χ1) is 14.8. The average Bonchev–Trinajstić information content (AvgIpc) is 3.05. The SMILES string of the molecule is O=C1/C(=C\c2ccc(O)c(O[C@@H]3O[C@H](CO)[C@@H](O)[C@H](O)[C@H]3O)c2)Oc2cc(O)ccc21. The van der Waals surface area contributed by atoms with E-state index in [1.54, 1.807) is 0 Å². The van der Waals surface area contributed by atoms with Gasteiger partial charge >= 0.3 is 0 Å². The first-order valence-corrected chi connectivity index (χ1v) is 9.36. The van der Waals surface area contributed by atoms with Crippen LogP contribution in [-0.2, 0) is 4.74 Å². The molecular formula is C21H20O10. The summed E-state index contributed by atoms with van der Waals surface area (Å²) in [6.07, 6.45) is -6.09. The summed E-state index contributed by atoms with van der Waals surface area (Å²) in [6.45, 7) is -0.626. The lowest BCUT2D eigenvalue weighted by Crippen LogP contribution is -2.60. The summed E-state index contributed by atoms with van der Waals surface area (Å²) in [6, 6.07) is 8.25. The molecule has 6 N–H and O–H groups in total. The molecule has 1 fully saturated rings. The number of Topliss-reactive ketones (excluding diaryl/α,β-unsaturated/α-hetero) is 1. The molecule has 2 aromatic rings. The molecule has 2 heterocycles. The van der Waals surface area contributed by atoms with E-state index in [0.29, 0.717) is 11.1 Å². The summed E-state index contributed by atoms with van der Waals surface area (Å²) in [5.41, 5.74) is 0.693. The van der Waals surface area contributed by atoms with Crippen LogP contribution in [0.3, 0.4) is 0 Å². The first-order valence-electron chi connectivity index (χ1n) is 9.36. The normalized spacial score (nSPS) is 29.0. The monoisotopic (exact) mass is 432 g/mol. The minimum Gasteiger partial charge on any atom is -0.508 e. The third kappa shape index (κ3) is 3.94. The molecule has 10 heteroatoms. The molecule has 0 unspecified atom stereocenters. The van der Waals surface area contributed by atoms with Gasteiger partial charge < -0.3 is 44.8 Å². The van der Waals surface area contributed by atoms with E-state index in [1.165, 1.54) is 42.5 Å². The van der Waals surface area contributed by atoms with Crippen LogP contribution in [0.2, 0.25) is 0 Å². The Labute approximate surface area is 175 Å². The number of rotatable bonds is 4. The van der Waals surface area contributed by atoms with Gasteiger partial charge in [-0.2, -0.15) is 0 Å². The number of benzene rings is 2. The van der Waals surface area contributed by atoms with E-state index in [-0.39, 0.29) is 34.5 Å². The van der Waals surface area contributed by atoms with E-state index in [4.69, 9.17) is 14.2 Å². The van der Waals surface area contributed by atoms with E-state index >= 15 is 0 Å². The zero-order chi connectivity index (χ0) is 22.3. The third-order valence-electron chi connectivity index (χ3n) is 5.03. The topological polar surface area (TPSA) is 166 Å². The van der Waals surface area contributed by atoms with Crippen LogP contribution in [0.25, 0.3) is 6.08 Å². The Balaban J connectivity index is 1.57. The quantitative estimate of drug-likeness (QED) is 0.359. The standard InChI is InChI=1S/C21H20O10/c22-8-16-18(26)19(27)20(28)21(31-16)30-14-5-9(1-4-12(14)24)6-15-17(25)11-3-2-10(23)7-13(11)29-15/h1-7,16,18-24,26-28H,8H2/b15-6+/t16-,18-,19+,20-,21-/m1/s1. The summed E-state index contributed by atoms with van der Waals surface area (Å²) in [7, 11) is 0. The Bertz CT molecular complexity index is 1030. The van der Waals surface area contributed by atoms with Crippen molar-refractivity contribution in [2.75, 3.05) is 6.61 Å². The molecule has 1 saturated heterocycles. The molecular weight excluding hydrogens is 412 g/mol. The summed E-state index contributed by atoms with van der Waals surface area (Å²) in [5, 5.41) is 58.8. The van der Waals surface area contributed by atoms with Crippen LogP contribution >= 0.6 is 0 Å². The molecule has 0 amide bonds. The highest BCUT2D eigenvalue weighted by atomic mass is 16.7. The average molecular weight is 432 g/mol. The van der Waals surface area contributed by atoms with Crippen LogP contribution in [0.4, 0.5) is 0 Å². The molecule has 0 radical (unpaired) electrons. The number of hydrogen-bond donors (Lipinski definition) is 6. The summed E-state index contributed by atoms with van der Waals surface area (Å²) < 4.78 is 16.2. The molecule has 5 atom stereocenters. The van der Waals surface area contributed by atoms with Gasteiger partial charge in [0.25, 0.3) is 0 Å². The van der Waals surface area contributed by atoms with Gasteiger partial charge in [0.05, 0.1) is 12.2 Å². The fraction of sp³-hybridized carbons (Fsp3) is 0.286. The summed E-state index contributed by atoms with van der Waals surface area (Å²) in [5.74, 6) is -0.685. The van der Waals surface area contributed by atoms with Crippen LogP contribution in [0.15, 0.2) is 42.2 Å². The van der Waals surface area contributed by atoms with Crippen molar-refractivity contribution in [1.82, 2.24) is 0 Å². The fourth-order valence-corrected chi connectivity index (χ4v) is 3.33. The predicted octanol–water partition coefficient (Wildman–Crippen LogP) is -0.107. The Hall–Kier alpha value is -3.15. The molecule has 2 aromatic carbocycles. The van der Waals surface area contributed by atoms with Crippen LogP contribution in [0.5, 0.6) is 23.0 Å². The lowest BCUT2D eigenvalue weighted by Gasteiger charge is -2.39. The smallest absolute Gasteiger partial charge is 0.231 e. The minimum absolute atomic E-state index is 0.00919. The molecule has 164 valence electrons. The zero-order valence-electron chi connectivity index (χ0n) is 16.0. The van der Waals surface area contributed by atoms with Crippen molar-refractivity contribution in [2.45, 2.75) is 30.7 Å². The molecule has 31 heavy (non-hydrogen) atoms. The highest BCUT2D eigenvalue weighted by Gasteiger charge is 2.45. The number of fused-ring (bicyclic) bond motifs is 1. The molecule has 0 saturated carbocycles. The number of carbonyl (C=O) groups excluding carboxylic acids is 1. The second-order valence-corrected chi connectivity index (χ2v) is 7.16. The number of aromatic hydroxyl groups is 2. The molecule has 0 aliphatic carbocycles. The van der Waals surface area contributed by atoms with Crippen LogP contribution in [0.1, 0.15) is 15.9 Å². The summed E-state index contributed by atoms with van der Waals surface area (Å²) in [4.78, 5) is 12.5. The number of ether oxygens (including phenoxy) is 3. The van der Waals surface area contributed by atoms with Gasteiger partial charge in [0.15, 0.2) is 17.3 Å². The second-order valence-electron chi connectivity index (χ2n) is 7.16. The maximum Gasteiger partial charge on any atom is 0.231 e. The van der Waals surface area contributed by atoms with Crippen LogP contribution in [0, 0.1) is 0 Å². The first kappa shape index (κ1) is 21.1. The van der Waals surface area contributed by atoms with Crippen LogP contribution in [-0.4, -0.2) is 73.7 Å². The number of allylic oxidation sites excluding steroid dienone is 1. The Morgan fingerprint density at radius 2 is 1.77 bits per heavy atom. The lowest BCUT2D eigenvalue weighted by atomic mass is 9.99. The number of ketones is 1. The van der Waals surface area contributed by atoms with E-state index < -0.39 is 37.3 Å². The maximum absolute atomic E-state index is 12.5. The van der Waals surface area contributed by atoms with Gasteiger partial charge in [-0.15, -0.1) is 0 Å². The molecule has 0 bridgehead atoms. The summed E-state index contributed by atoms with van der Waals surface area (Å²) >= 11 is 0. The molecule has 2 aliphatic heterocycles. The van der Waals surface area contributed by atoms with Gasteiger partial charge in [-0.3, -0.25) is 4.79 Å². The number of phenols is 2. The van der Waals surface area contributed by atoms with E-state index in [9.17, 15) is 35.4 Å². The van der Waals surface area contributed by atoms with E-state index in [1.807, 2.05) is 0 Å². The van der Waals surface area contributed by atoms with Gasteiger partial charge in [0.1, 0.15) is 35.9 Å². The number of carbonyl (C=O) groups is 1. The van der Waals surface area contributed by atoms with E-state index in [2.05, 4.69) is 0 Å². The van der Waals surface area contributed by atoms with Crippen molar-refractivity contribution in [3.05, 3.63) is 53.3 Å². The number of aliphatic hydroxyl groups is 4. The van der Waals surface area contributed by atoms with Crippen molar-refractivity contribution in [2.24, 2.45) is 0 Å². The molecule has 0 aromatic heterocycles. The van der Waals surface area contributed by atoms with Gasteiger partial charge in [-0.25, -0.2) is 0 Å². The van der Waals surface area contributed by atoms with E-state index in [0.717, 1.165) is 0 Å². The van der Waals surface area contributed by atoms with Gasteiger partial charge in [-0.05, 0) is 35.9 Å². The molecule has 4 rings (SSSR count). The van der Waals surface area contributed by atoms with Gasteiger partial charge in [-0.1, -0.05) is 6.07 Å². The minimum atomic E-state index is -1.65. The van der Waals surface area contributed by atoms with Crippen molar-refractivity contribution in [3.63, 3.8) is 0 Å². The van der Waals surface area contributed by atoms with Crippen molar-refractivity contribution < 1.29 is 49.6 Å². The van der Waals surface area contributed by atoms with Crippen molar-refractivity contribution in [3.8, 4) is 23.0 Å². The lowest BCUT2D eigenvalue weighted by molar-refractivity contribution is -0.277. The Kier molecular flexibility index (Phi) is 5.56. The largest absolute Gasteiger partial charge is 0.508 e. The van der Waals surface area contributed by atoms with Gasteiger partial charge in [0.2, 0.25) is 12.1 Å². The van der Waals surface area contributed by atoms with Crippen LogP contribution < -0.4 is 9.47 Å². The second kappa shape index (κ2) is 8.17. The number of phenolic OH excluding ortho intramolecular Hbond substituents is 2. The molecule has 0 spiro atoms. The number of hydrogen-bond acceptors (Lipinski definition) is 10. The molecule has 10 nitrogen and oxygen atoms in total. The van der Waals surface area contributed by atoms with Gasteiger partial charge in [0, 0.05) is 6.07 Å².